The first kappa shape index (κ1) is 31.4. The van der Waals surface area contributed by atoms with E-state index in [2.05, 4.69) is 10.1 Å². The van der Waals surface area contributed by atoms with Crippen LogP contribution in [0.3, 0.4) is 0 Å². The first-order chi connectivity index (χ1) is 19.5. The van der Waals surface area contributed by atoms with Gasteiger partial charge in [-0.2, -0.15) is 9.40 Å². The lowest BCUT2D eigenvalue weighted by Crippen LogP contribution is -2.44. The molecular formula is C27H40N5O7PS. The van der Waals surface area contributed by atoms with Crippen molar-refractivity contribution in [1.82, 2.24) is 24.1 Å². The Labute approximate surface area is 240 Å². The zero-order chi connectivity index (χ0) is 29.8. The van der Waals surface area contributed by atoms with Crippen molar-refractivity contribution in [3.8, 4) is 17.1 Å². The Morgan fingerprint density at radius 1 is 1.20 bits per heavy atom. The molecule has 41 heavy (non-hydrogen) atoms. The van der Waals surface area contributed by atoms with Crippen LogP contribution in [0.15, 0.2) is 27.9 Å². The minimum atomic E-state index is -3.96. The summed E-state index contributed by atoms with van der Waals surface area (Å²) >= 11 is 0. The lowest BCUT2D eigenvalue weighted by atomic mass is 10.0. The Bertz CT molecular complexity index is 1590. The van der Waals surface area contributed by atoms with E-state index < -0.39 is 23.7 Å². The summed E-state index contributed by atoms with van der Waals surface area (Å²) in [5, 5.41) is 4.47. The first-order valence-corrected chi connectivity index (χ1v) is 17.4. The normalized spacial score (nSPS) is 18.0. The minimum Gasteiger partial charge on any atom is -0.493 e. The van der Waals surface area contributed by atoms with Crippen molar-refractivity contribution < 1.29 is 27.1 Å². The molecule has 1 saturated heterocycles. The molecule has 1 aliphatic heterocycles. The number of benzene rings is 1. The Morgan fingerprint density at radius 2 is 1.98 bits per heavy atom. The van der Waals surface area contributed by atoms with Crippen molar-refractivity contribution in [3.63, 3.8) is 0 Å². The average molecular weight is 610 g/mol. The standard InChI is InChI=1S/C27H40N5O7PS/c1-5-10-22-24-25(31(4)30-22)27(33)29-26(28-24)21-13-12-20(18-23(21)38-16-6-2)41(36,37)32-15-9-8-11-19(32)14-17-40(34,35)39-7-3/h12-13,18-19H,5-11,14-17H2,1-4H3,(H,34,35)(H,28,29,33). The molecule has 12 nitrogen and oxygen atoms in total. The predicted octanol–water partition coefficient (Wildman–Crippen LogP) is 4.22. The second-order valence-electron chi connectivity index (χ2n) is 10.3. The molecule has 1 fully saturated rings. The summed E-state index contributed by atoms with van der Waals surface area (Å²) in [6.07, 6.45) is 4.43. The van der Waals surface area contributed by atoms with Crippen LogP contribution >= 0.6 is 7.60 Å². The van der Waals surface area contributed by atoms with Crippen molar-refractivity contribution in [2.24, 2.45) is 7.05 Å². The summed E-state index contributed by atoms with van der Waals surface area (Å²) < 4.78 is 54.0. The topological polar surface area (TPSA) is 157 Å². The van der Waals surface area contributed by atoms with Gasteiger partial charge in [0.1, 0.15) is 17.1 Å². The van der Waals surface area contributed by atoms with Gasteiger partial charge >= 0.3 is 7.60 Å². The first-order valence-electron chi connectivity index (χ1n) is 14.2. The Balaban J connectivity index is 1.73. The third kappa shape index (κ3) is 6.91. The molecule has 0 amide bonds. The molecule has 0 radical (unpaired) electrons. The van der Waals surface area contributed by atoms with Crippen molar-refractivity contribution >= 4 is 28.7 Å². The van der Waals surface area contributed by atoms with E-state index in [-0.39, 0.29) is 35.5 Å². The van der Waals surface area contributed by atoms with E-state index in [0.29, 0.717) is 61.2 Å². The zero-order valence-corrected chi connectivity index (χ0v) is 25.8. The monoisotopic (exact) mass is 609 g/mol. The largest absolute Gasteiger partial charge is 0.493 e. The fourth-order valence-corrected chi connectivity index (χ4v) is 8.16. The quantitative estimate of drug-likeness (QED) is 0.271. The number of hydrogen-bond donors (Lipinski definition) is 2. The Morgan fingerprint density at radius 3 is 2.68 bits per heavy atom. The van der Waals surface area contributed by atoms with Crippen LogP contribution in [0.25, 0.3) is 22.4 Å². The van der Waals surface area contributed by atoms with Crippen molar-refractivity contribution in [2.75, 3.05) is 25.9 Å². The maximum absolute atomic E-state index is 13.9. The van der Waals surface area contributed by atoms with Gasteiger partial charge in [0, 0.05) is 25.7 Å². The summed E-state index contributed by atoms with van der Waals surface area (Å²) in [5.41, 5.74) is 1.73. The van der Waals surface area contributed by atoms with Crippen LogP contribution in [0.2, 0.25) is 0 Å². The number of nitrogens with one attached hydrogen (secondary N) is 1. The molecule has 0 saturated carbocycles. The second kappa shape index (κ2) is 13.2. The molecule has 14 heteroatoms. The lowest BCUT2D eigenvalue weighted by molar-refractivity contribution is 0.235. The highest BCUT2D eigenvalue weighted by Crippen LogP contribution is 2.44. The molecule has 2 unspecified atom stereocenters. The minimum absolute atomic E-state index is 0.0488. The maximum Gasteiger partial charge on any atom is 0.328 e. The highest BCUT2D eigenvalue weighted by atomic mass is 32.2. The van der Waals surface area contributed by atoms with Crippen LogP contribution in [0.4, 0.5) is 0 Å². The number of aromatic amines is 1. The second-order valence-corrected chi connectivity index (χ2v) is 14.1. The zero-order valence-electron chi connectivity index (χ0n) is 24.1. The van der Waals surface area contributed by atoms with Crippen LogP contribution in [0, 0.1) is 0 Å². The van der Waals surface area contributed by atoms with Crippen molar-refractivity contribution in [2.45, 2.75) is 76.7 Å². The molecule has 3 aromatic rings. The highest BCUT2D eigenvalue weighted by Gasteiger charge is 2.35. The van der Waals surface area contributed by atoms with Gasteiger partial charge < -0.3 is 19.1 Å². The van der Waals surface area contributed by atoms with E-state index in [1.807, 2.05) is 13.8 Å². The third-order valence-electron chi connectivity index (χ3n) is 7.17. The molecule has 4 rings (SSSR count). The highest BCUT2D eigenvalue weighted by molar-refractivity contribution is 7.89. The van der Waals surface area contributed by atoms with Gasteiger partial charge in [-0.25, -0.2) is 13.4 Å². The number of aromatic nitrogens is 4. The predicted molar refractivity (Wildman–Crippen MR) is 157 cm³/mol. The van der Waals surface area contributed by atoms with Gasteiger partial charge in [-0.05, 0) is 51.2 Å². The van der Waals surface area contributed by atoms with E-state index in [0.717, 1.165) is 18.5 Å². The molecular weight excluding hydrogens is 569 g/mol. The lowest BCUT2D eigenvalue weighted by Gasteiger charge is -2.35. The number of fused-ring (bicyclic) bond motifs is 1. The van der Waals surface area contributed by atoms with Crippen LogP contribution in [0.5, 0.6) is 5.75 Å². The number of H-pyrrole nitrogens is 1. The molecule has 1 aliphatic rings. The molecule has 3 heterocycles. The van der Waals surface area contributed by atoms with Gasteiger partial charge in [-0.3, -0.25) is 14.0 Å². The molecule has 1 aromatic carbocycles. The smallest absolute Gasteiger partial charge is 0.328 e. The number of ether oxygens (including phenoxy) is 1. The summed E-state index contributed by atoms with van der Waals surface area (Å²) in [6, 6.07) is 4.15. The molecule has 2 aromatic heterocycles. The summed E-state index contributed by atoms with van der Waals surface area (Å²) in [7, 11) is -6.03. The van der Waals surface area contributed by atoms with Gasteiger partial charge in [-0.1, -0.05) is 26.7 Å². The molecule has 0 spiro atoms. The number of nitrogens with zero attached hydrogens (tertiary/aromatic N) is 4. The van der Waals surface area contributed by atoms with Gasteiger partial charge in [-0.15, -0.1) is 0 Å². The van der Waals surface area contributed by atoms with Crippen LogP contribution in [0.1, 0.15) is 65.0 Å². The average Bonchev–Trinajstić information content (AvgIpc) is 3.26. The number of aryl methyl sites for hydroxylation is 2. The van der Waals surface area contributed by atoms with Crippen LogP contribution in [-0.2, 0) is 32.6 Å². The van der Waals surface area contributed by atoms with Gasteiger partial charge in [0.2, 0.25) is 10.0 Å². The van der Waals surface area contributed by atoms with E-state index in [1.54, 1.807) is 20.0 Å². The van der Waals surface area contributed by atoms with Gasteiger partial charge in [0.05, 0.1) is 35.5 Å². The van der Waals surface area contributed by atoms with Crippen molar-refractivity contribution in [3.05, 3.63) is 34.2 Å². The molecule has 2 N–H and O–H groups in total. The maximum atomic E-state index is 13.9. The molecule has 2 atom stereocenters. The number of piperidine rings is 1. The molecule has 0 aliphatic carbocycles. The summed E-state index contributed by atoms with van der Waals surface area (Å²) in [6.45, 7) is 6.38. The fraction of sp³-hybridized carbons (Fsp3) is 0.593. The Kier molecular flexibility index (Phi) is 10.1. The summed E-state index contributed by atoms with van der Waals surface area (Å²) in [4.78, 5) is 30.7. The Hall–Kier alpha value is -2.57. The molecule has 226 valence electrons. The van der Waals surface area contributed by atoms with E-state index in [4.69, 9.17) is 14.2 Å². The van der Waals surface area contributed by atoms with E-state index in [9.17, 15) is 22.7 Å². The van der Waals surface area contributed by atoms with Crippen LogP contribution in [-0.4, -0.2) is 69.3 Å². The van der Waals surface area contributed by atoms with Crippen LogP contribution < -0.4 is 10.3 Å². The fourth-order valence-electron chi connectivity index (χ4n) is 5.26. The molecule has 0 bridgehead atoms. The SMILES string of the molecule is CCCOc1cc(S(=O)(=O)N2CCCCC2CCP(=O)(O)OCC)ccc1-c1nc2c(CCC)nn(C)c2c(=O)[nH]1. The van der Waals surface area contributed by atoms with Gasteiger partial charge in [0.15, 0.2) is 5.52 Å². The van der Waals surface area contributed by atoms with E-state index in [1.165, 1.54) is 21.1 Å². The number of rotatable bonds is 13. The third-order valence-corrected chi connectivity index (χ3v) is 10.6. The van der Waals surface area contributed by atoms with Gasteiger partial charge in [0.25, 0.3) is 5.56 Å². The number of sulfonamides is 1. The number of hydrogen-bond acceptors (Lipinski definition) is 8. The summed E-state index contributed by atoms with van der Waals surface area (Å²) in [5.74, 6) is 0.564. The van der Waals surface area contributed by atoms with E-state index >= 15 is 0 Å². The van der Waals surface area contributed by atoms with Crippen molar-refractivity contribution in [1.29, 1.82) is 0 Å².